The first-order chi connectivity index (χ1) is 8.70. The van der Waals surface area contributed by atoms with Crippen LogP contribution in [-0.4, -0.2) is 11.5 Å². The molecular weight excluding hydrogens is 271 g/mol. The van der Waals surface area contributed by atoms with Crippen LogP contribution in [0, 0.1) is 5.82 Å². The predicted molar refractivity (Wildman–Crippen MR) is 73.6 cm³/mol. The van der Waals surface area contributed by atoms with Gasteiger partial charge in [-0.05, 0) is 30.7 Å². The molecule has 2 aromatic rings. The number of halogens is 2. The number of thiazole rings is 1. The first-order valence-electron chi connectivity index (χ1n) is 5.76. The number of hydrogen-bond donors (Lipinski definition) is 1. The van der Waals surface area contributed by atoms with Crippen molar-refractivity contribution >= 4 is 22.9 Å². The molecule has 5 heteroatoms. The van der Waals surface area contributed by atoms with Crippen LogP contribution in [0.5, 0.6) is 0 Å². The van der Waals surface area contributed by atoms with E-state index in [0.717, 1.165) is 12.2 Å². The summed E-state index contributed by atoms with van der Waals surface area (Å²) in [4.78, 5) is 4.29. The molecule has 0 fully saturated rings. The van der Waals surface area contributed by atoms with E-state index in [2.05, 4.69) is 10.3 Å². The summed E-state index contributed by atoms with van der Waals surface area (Å²) in [7, 11) is 0. The van der Waals surface area contributed by atoms with Crippen LogP contribution in [0.4, 0.5) is 4.39 Å². The molecule has 0 aliphatic rings. The van der Waals surface area contributed by atoms with Crippen molar-refractivity contribution in [2.45, 2.75) is 19.4 Å². The minimum atomic E-state index is -0.263. The lowest BCUT2D eigenvalue weighted by atomic mass is 10.0. The number of rotatable bonds is 5. The van der Waals surface area contributed by atoms with Crippen LogP contribution >= 0.6 is 22.9 Å². The molecule has 0 aliphatic heterocycles. The van der Waals surface area contributed by atoms with Gasteiger partial charge in [0.25, 0.3) is 0 Å². The van der Waals surface area contributed by atoms with Crippen molar-refractivity contribution < 1.29 is 4.39 Å². The van der Waals surface area contributed by atoms with Gasteiger partial charge >= 0.3 is 0 Å². The Labute approximate surface area is 115 Å². The lowest BCUT2D eigenvalue weighted by molar-refractivity contribution is 0.520. The van der Waals surface area contributed by atoms with Crippen molar-refractivity contribution in [2.75, 3.05) is 6.54 Å². The van der Waals surface area contributed by atoms with Crippen molar-refractivity contribution in [1.82, 2.24) is 10.3 Å². The highest BCUT2D eigenvalue weighted by molar-refractivity contribution is 7.07. The Kier molecular flexibility index (Phi) is 4.69. The average molecular weight is 285 g/mol. The molecule has 1 aromatic heterocycles. The molecule has 0 aliphatic carbocycles. The second kappa shape index (κ2) is 6.27. The van der Waals surface area contributed by atoms with Gasteiger partial charge < -0.3 is 5.32 Å². The predicted octanol–water partition coefficient (Wildman–Crippen LogP) is 3.83. The van der Waals surface area contributed by atoms with E-state index in [1.54, 1.807) is 29.0 Å². The molecule has 1 atom stereocenters. The summed E-state index contributed by atoms with van der Waals surface area (Å²) in [6.45, 7) is 2.84. The third-order valence-corrected chi connectivity index (χ3v) is 3.54. The smallest absolute Gasteiger partial charge is 0.127 e. The van der Waals surface area contributed by atoms with Crippen LogP contribution in [0.1, 0.15) is 24.2 Å². The van der Waals surface area contributed by atoms with Crippen molar-refractivity contribution in [2.24, 2.45) is 0 Å². The zero-order valence-electron chi connectivity index (χ0n) is 9.99. The normalized spacial score (nSPS) is 12.6. The molecule has 2 nitrogen and oxygen atoms in total. The molecule has 0 spiro atoms. The number of likely N-dealkylation sites (N-methyl/N-ethyl adjacent to an activating group) is 1. The van der Waals surface area contributed by atoms with E-state index < -0.39 is 0 Å². The van der Waals surface area contributed by atoms with Crippen molar-refractivity contribution in [3.63, 3.8) is 0 Å². The van der Waals surface area contributed by atoms with Gasteiger partial charge in [0.2, 0.25) is 0 Å². The van der Waals surface area contributed by atoms with Crippen LogP contribution in [0.3, 0.4) is 0 Å². The quantitative estimate of drug-likeness (QED) is 0.903. The Hall–Kier alpha value is -0.970. The van der Waals surface area contributed by atoms with E-state index >= 15 is 0 Å². The fraction of sp³-hybridized carbons (Fsp3) is 0.308. The van der Waals surface area contributed by atoms with Crippen molar-refractivity contribution in [1.29, 1.82) is 0 Å². The van der Waals surface area contributed by atoms with E-state index in [1.165, 1.54) is 6.07 Å². The maximum atomic E-state index is 13.8. The third-order valence-electron chi connectivity index (χ3n) is 2.70. The molecule has 2 rings (SSSR count). The highest BCUT2D eigenvalue weighted by Gasteiger charge is 2.15. The lowest BCUT2D eigenvalue weighted by Crippen LogP contribution is -2.23. The van der Waals surface area contributed by atoms with Gasteiger partial charge in [-0.1, -0.05) is 24.6 Å². The summed E-state index contributed by atoms with van der Waals surface area (Å²) in [6.07, 6.45) is 0.570. The Morgan fingerprint density at radius 1 is 1.50 bits per heavy atom. The zero-order valence-corrected chi connectivity index (χ0v) is 11.6. The summed E-state index contributed by atoms with van der Waals surface area (Å²) in [6, 6.07) is 4.83. The number of aromatic nitrogens is 1. The van der Waals surface area contributed by atoms with Gasteiger partial charge in [-0.15, -0.1) is 11.3 Å². The number of hydrogen-bond acceptors (Lipinski definition) is 3. The largest absolute Gasteiger partial charge is 0.309 e. The maximum absolute atomic E-state index is 13.8. The topological polar surface area (TPSA) is 24.9 Å². The third kappa shape index (κ3) is 3.28. The SMILES string of the molecule is CCNC(Cc1ccc(Cl)cc1F)c1cscn1. The highest BCUT2D eigenvalue weighted by atomic mass is 35.5. The first kappa shape index (κ1) is 13.5. The van der Waals surface area contributed by atoms with Crippen LogP contribution in [0.2, 0.25) is 5.02 Å². The van der Waals surface area contributed by atoms with Crippen molar-refractivity contribution in [3.05, 3.63) is 51.2 Å². The highest BCUT2D eigenvalue weighted by Crippen LogP contribution is 2.22. The van der Waals surface area contributed by atoms with Gasteiger partial charge in [-0.3, -0.25) is 0 Å². The van der Waals surface area contributed by atoms with Gasteiger partial charge in [0.05, 0.1) is 17.2 Å². The lowest BCUT2D eigenvalue weighted by Gasteiger charge is -2.16. The Balaban J connectivity index is 2.18. The Morgan fingerprint density at radius 3 is 2.94 bits per heavy atom. The van der Waals surface area contributed by atoms with Gasteiger partial charge in [0.15, 0.2) is 0 Å². The molecule has 0 radical (unpaired) electrons. The summed E-state index contributed by atoms with van der Waals surface area (Å²) < 4.78 is 13.8. The van der Waals surface area contributed by atoms with E-state index in [-0.39, 0.29) is 11.9 Å². The van der Waals surface area contributed by atoms with Gasteiger partial charge in [0, 0.05) is 10.4 Å². The fourth-order valence-electron chi connectivity index (χ4n) is 1.83. The second-order valence-electron chi connectivity index (χ2n) is 3.96. The van der Waals surface area contributed by atoms with E-state index in [4.69, 9.17) is 11.6 Å². The molecule has 0 saturated heterocycles. The van der Waals surface area contributed by atoms with Gasteiger partial charge in [-0.25, -0.2) is 9.37 Å². The van der Waals surface area contributed by atoms with E-state index in [9.17, 15) is 4.39 Å². The van der Waals surface area contributed by atoms with E-state index in [0.29, 0.717) is 17.0 Å². The van der Waals surface area contributed by atoms with Crippen molar-refractivity contribution in [3.8, 4) is 0 Å². The summed E-state index contributed by atoms with van der Waals surface area (Å²) in [5.41, 5.74) is 3.40. The second-order valence-corrected chi connectivity index (χ2v) is 5.12. The molecule has 1 heterocycles. The van der Waals surface area contributed by atoms with Gasteiger partial charge in [-0.2, -0.15) is 0 Å². The average Bonchev–Trinajstić information content (AvgIpc) is 2.85. The van der Waals surface area contributed by atoms with Crippen LogP contribution in [-0.2, 0) is 6.42 Å². The number of benzene rings is 1. The molecule has 96 valence electrons. The summed E-state index contributed by atoms with van der Waals surface area (Å²) in [5, 5.41) is 5.73. The number of nitrogens with zero attached hydrogens (tertiary/aromatic N) is 1. The molecule has 0 amide bonds. The fourth-order valence-corrected chi connectivity index (χ4v) is 2.60. The van der Waals surface area contributed by atoms with Crippen LogP contribution < -0.4 is 5.32 Å². The Morgan fingerprint density at radius 2 is 2.33 bits per heavy atom. The minimum absolute atomic E-state index is 0.0388. The molecule has 1 N–H and O–H groups in total. The van der Waals surface area contributed by atoms with Crippen LogP contribution in [0.15, 0.2) is 29.1 Å². The van der Waals surface area contributed by atoms with Gasteiger partial charge in [0.1, 0.15) is 5.82 Å². The molecule has 0 saturated carbocycles. The monoisotopic (exact) mass is 284 g/mol. The number of nitrogens with one attached hydrogen (secondary N) is 1. The molecular formula is C13H14ClFN2S. The molecule has 1 unspecified atom stereocenters. The first-order valence-corrected chi connectivity index (χ1v) is 7.08. The zero-order chi connectivity index (χ0) is 13.0. The Bertz CT molecular complexity index is 502. The summed E-state index contributed by atoms with van der Waals surface area (Å²) in [5.74, 6) is -0.263. The van der Waals surface area contributed by atoms with E-state index in [1.807, 2.05) is 12.3 Å². The standard InChI is InChI=1S/C13H14ClFN2S/c1-2-16-12(13-7-18-8-17-13)5-9-3-4-10(14)6-11(9)15/h3-4,6-8,12,16H,2,5H2,1H3. The maximum Gasteiger partial charge on any atom is 0.127 e. The molecule has 1 aromatic carbocycles. The molecule has 18 heavy (non-hydrogen) atoms. The van der Waals surface area contributed by atoms with Crippen LogP contribution in [0.25, 0.3) is 0 Å². The molecule has 0 bridgehead atoms. The minimum Gasteiger partial charge on any atom is -0.309 e. The summed E-state index contributed by atoms with van der Waals surface area (Å²) >= 11 is 7.29.